The molecule has 0 spiro atoms. The maximum absolute atomic E-state index is 13.5. The van der Waals surface area contributed by atoms with Crippen molar-refractivity contribution in [3.8, 4) is 0 Å². The molecular formula is C12H14FNO5S. The van der Waals surface area contributed by atoms with Crippen molar-refractivity contribution in [1.82, 2.24) is 0 Å². The monoisotopic (exact) mass is 303 g/mol. The summed E-state index contributed by atoms with van der Waals surface area (Å²) in [6.45, 7) is 1.21. The lowest BCUT2D eigenvalue weighted by molar-refractivity contribution is 0.0422. The van der Waals surface area contributed by atoms with Gasteiger partial charge < -0.3 is 9.47 Å². The third kappa shape index (κ3) is 3.53. The predicted molar refractivity (Wildman–Crippen MR) is 67.0 cm³/mol. The number of esters is 1. The van der Waals surface area contributed by atoms with Gasteiger partial charge >= 0.3 is 5.97 Å². The van der Waals surface area contributed by atoms with Crippen LogP contribution in [0.4, 0.5) is 4.39 Å². The maximum atomic E-state index is 13.5. The van der Waals surface area contributed by atoms with Crippen molar-refractivity contribution < 1.29 is 27.1 Å². The van der Waals surface area contributed by atoms with Crippen LogP contribution in [0.3, 0.4) is 0 Å². The summed E-state index contributed by atoms with van der Waals surface area (Å²) in [6, 6.07) is 2.74. The highest BCUT2D eigenvalue weighted by Crippen LogP contribution is 2.17. The Hall–Kier alpha value is -1.51. The molecule has 1 aliphatic heterocycles. The first kappa shape index (κ1) is 14.9. The van der Waals surface area contributed by atoms with E-state index in [0.717, 1.165) is 24.6 Å². The van der Waals surface area contributed by atoms with E-state index in [1.807, 2.05) is 0 Å². The molecule has 1 aliphatic rings. The molecule has 1 aromatic carbocycles. The normalized spacial score (nSPS) is 19.0. The number of halogens is 1. The lowest BCUT2D eigenvalue weighted by atomic mass is 10.1. The Bertz CT molecular complexity index is 610. The van der Waals surface area contributed by atoms with Gasteiger partial charge in [-0.1, -0.05) is 0 Å². The summed E-state index contributed by atoms with van der Waals surface area (Å²) in [6.07, 6.45) is 0.771. The number of sulfonamides is 1. The minimum absolute atomic E-state index is 0.0865. The molecule has 1 atom stereocenters. The Balaban J connectivity index is 2.12. The van der Waals surface area contributed by atoms with Crippen molar-refractivity contribution in [2.45, 2.75) is 11.3 Å². The lowest BCUT2D eigenvalue weighted by Crippen LogP contribution is -2.17. The molecule has 1 heterocycles. The van der Waals surface area contributed by atoms with Gasteiger partial charge in [0.15, 0.2) is 0 Å². The average Bonchev–Trinajstić information content (AvgIpc) is 2.88. The number of nitrogens with two attached hydrogens (primary N) is 1. The molecule has 20 heavy (non-hydrogen) atoms. The number of carbonyl (C=O) groups is 1. The van der Waals surface area contributed by atoms with Gasteiger partial charge in [0.1, 0.15) is 5.82 Å². The summed E-state index contributed by atoms with van der Waals surface area (Å²) in [5.74, 6) is -1.69. The number of ether oxygens (including phenoxy) is 2. The summed E-state index contributed by atoms with van der Waals surface area (Å²) in [5, 5.41) is 4.93. The van der Waals surface area contributed by atoms with Crippen molar-refractivity contribution in [3.63, 3.8) is 0 Å². The van der Waals surface area contributed by atoms with Crippen LogP contribution in [0.2, 0.25) is 0 Å². The molecule has 1 saturated heterocycles. The van der Waals surface area contributed by atoms with E-state index in [9.17, 15) is 17.6 Å². The minimum atomic E-state index is -4.00. The molecule has 0 aliphatic carbocycles. The Kier molecular flexibility index (Phi) is 4.36. The van der Waals surface area contributed by atoms with E-state index in [-0.39, 0.29) is 17.4 Å². The molecule has 1 fully saturated rings. The Morgan fingerprint density at radius 1 is 1.50 bits per heavy atom. The Morgan fingerprint density at radius 3 is 2.85 bits per heavy atom. The second-order valence-electron chi connectivity index (χ2n) is 4.51. The predicted octanol–water partition coefficient (Wildman–Crippen LogP) is 0.666. The standard InChI is InChI=1S/C12H14FNO5S/c13-11-2-1-9(20(14,16)17)5-10(11)12(15)19-7-8-3-4-18-6-8/h1-2,5,8H,3-4,6-7H2,(H2,14,16,17). The van der Waals surface area contributed by atoms with Gasteiger partial charge in [0.2, 0.25) is 10.0 Å². The van der Waals surface area contributed by atoms with Crippen LogP contribution < -0.4 is 5.14 Å². The van der Waals surface area contributed by atoms with E-state index in [1.165, 1.54) is 0 Å². The van der Waals surface area contributed by atoms with E-state index >= 15 is 0 Å². The first-order valence-corrected chi connectivity index (χ1v) is 7.50. The van der Waals surface area contributed by atoms with E-state index in [0.29, 0.717) is 13.2 Å². The van der Waals surface area contributed by atoms with Crippen molar-refractivity contribution >= 4 is 16.0 Å². The molecule has 6 nitrogen and oxygen atoms in total. The largest absolute Gasteiger partial charge is 0.462 e. The summed E-state index contributed by atoms with van der Waals surface area (Å²) in [7, 11) is -4.00. The fourth-order valence-corrected chi connectivity index (χ4v) is 2.36. The number of rotatable bonds is 4. The van der Waals surface area contributed by atoms with Crippen LogP contribution in [0.1, 0.15) is 16.8 Å². The second kappa shape index (κ2) is 5.86. The zero-order valence-electron chi connectivity index (χ0n) is 10.5. The van der Waals surface area contributed by atoms with Gasteiger partial charge in [0, 0.05) is 12.5 Å². The smallest absolute Gasteiger partial charge is 0.341 e. The molecule has 0 bridgehead atoms. The highest BCUT2D eigenvalue weighted by atomic mass is 32.2. The molecule has 0 saturated carbocycles. The van der Waals surface area contributed by atoms with E-state index < -0.39 is 27.4 Å². The molecule has 1 unspecified atom stereocenters. The maximum Gasteiger partial charge on any atom is 0.341 e. The SMILES string of the molecule is NS(=O)(=O)c1ccc(F)c(C(=O)OCC2CCOC2)c1. The molecule has 8 heteroatoms. The number of hydrogen-bond donors (Lipinski definition) is 1. The van der Waals surface area contributed by atoms with Crippen LogP contribution in [0, 0.1) is 11.7 Å². The molecule has 0 radical (unpaired) electrons. The van der Waals surface area contributed by atoms with Gasteiger partial charge in [0.05, 0.1) is 23.7 Å². The zero-order chi connectivity index (χ0) is 14.8. The Labute approximate surface area is 115 Å². The van der Waals surface area contributed by atoms with Gasteiger partial charge in [-0.2, -0.15) is 0 Å². The van der Waals surface area contributed by atoms with Gasteiger partial charge in [-0.25, -0.2) is 22.7 Å². The lowest BCUT2D eigenvalue weighted by Gasteiger charge is -2.10. The molecular weight excluding hydrogens is 289 g/mol. The number of hydrogen-bond acceptors (Lipinski definition) is 5. The van der Waals surface area contributed by atoms with Gasteiger partial charge in [0.25, 0.3) is 0 Å². The minimum Gasteiger partial charge on any atom is -0.462 e. The van der Waals surface area contributed by atoms with Gasteiger partial charge in [-0.05, 0) is 24.6 Å². The molecule has 0 amide bonds. The van der Waals surface area contributed by atoms with Crippen molar-refractivity contribution in [2.75, 3.05) is 19.8 Å². The van der Waals surface area contributed by atoms with Crippen LogP contribution >= 0.6 is 0 Å². The number of carbonyl (C=O) groups excluding carboxylic acids is 1. The highest BCUT2D eigenvalue weighted by molar-refractivity contribution is 7.89. The summed E-state index contributed by atoms with van der Waals surface area (Å²) < 4.78 is 46.0. The third-order valence-corrected chi connectivity index (χ3v) is 3.87. The molecule has 0 aromatic heterocycles. The first-order chi connectivity index (χ1) is 9.38. The van der Waals surface area contributed by atoms with Crippen molar-refractivity contribution in [1.29, 1.82) is 0 Å². The number of benzene rings is 1. The molecule has 2 rings (SSSR count). The van der Waals surface area contributed by atoms with Crippen LogP contribution in [-0.2, 0) is 19.5 Å². The van der Waals surface area contributed by atoms with Gasteiger partial charge in [-0.3, -0.25) is 0 Å². The van der Waals surface area contributed by atoms with E-state index in [1.54, 1.807) is 0 Å². The van der Waals surface area contributed by atoms with Crippen molar-refractivity contribution in [3.05, 3.63) is 29.6 Å². The molecule has 2 N–H and O–H groups in total. The van der Waals surface area contributed by atoms with Gasteiger partial charge in [-0.15, -0.1) is 0 Å². The molecule has 1 aromatic rings. The summed E-state index contributed by atoms with van der Waals surface area (Å²) >= 11 is 0. The fraction of sp³-hybridized carbons (Fsp3) is 0.417. The van der Waals surface area contributed by atoms with Crippen LogP contribution in [0.25, 0.3) is 0 Å². The Morgan fingerprint density at radius 2 is 2.25 bits per heavy atom. The average molecular weight is 303 g/mol. The number of primary sulfonamides is 1. The second-order valence-corrected chi connectivity index (χ2v) is 6.08. The van der Waals surface area contributed by atoms with Crippen LogP contribution in [0.15, 0.2) is 23.1 Å². The van der Waals surface area contributed by atoms with E-state index in [4.69, 9.17) is 14.6 Å². The highest BCUT2D eigenvalue weighted by Gasteiger charge is 2.21. The van der Waals surface area contributed by atoms with Crippen LogP contribution in [-0.4, -0.2) is 34.2 Å². The van der Waals surface area contributed by atoms with Crippen LogP contribution in [0.5, 0.6) is 0 Å². The summed E-state index contributed by atoms with van der Waals surface area (Å²) in [4.78, 5) is 11.4. The van der Waals surface area contributed by atoms with Crippen molar-refractivity contribution in [2.24, 2.45) is 11.1 Å². The van der Waals surface area contributed by atoms with E-state index in [2.05, 4.69) is 0 Å². The molecule has 110 valence electrons. The quantitative estimate of drug-likeness (QED) is 0.825. The topological polar surface area (TPSA) is 95.7 Å². The zero-order valence-corrected chi connectivity index (χ0v) is 11.4. The first-order valence-electron chi connectivity index (χ1n) is 5.95. The summed E-state index contributed by atoms with van der Waals surface area (Å²) in [5.41, 5.74) is -0.449. The fourth-order valence-electron chi connectivity index (χ4n) is 1.82. The third-order valence-electron chi connectivity index (χ3n) is 2.96.